The van der Waals surface area contributed by atoms with Gasteiger partial charge in [0.25, 0.3) is 0 Å². The maximum atomic E-state index is 2.59. The Bertz CT molecular complexity index is 811. The van der Waals surface area contributed by atoms with Crippen molar-refractivity contribution < 1.29 is 0 Å². The fraction of sp³-hybridized carbons (Fsp3) is 0.556. The number of hydrogen-bond acceptors (Lipinski definition) is 0. The van der Waals surface area contributed by atoms with Crippen molar-refractivity contribution in [3.63, 3.8) is 0 Å². The molecule has 4 bridgehead atoms. The minimum absolute atomic E-state index is 0.192. The van der Waals surface area contributed by atoms with Gasteiger partial charge in [-0.1, -0.05) is 68.8 Å². The number of benzene rings is 2. The Labute approximate surface area is 165 Å². The second-order valence-electron chi connectivity index (χ2n) is 11.1. The molecule has 2 aromatic rings. The maximum Gasteiger partial charge on any atom is -0.00387 e. The van der Waals surface area contributed by atoms with Crippen molar-refractivity contribution in [1.82, 2.24) is 0 Å². The van der Waals surface area contributed by atoms with Crippen LogP contribution in [0, 0.1) is 24.7 Å². The zero-order valence-electron chi connectivity index (χ0n) is 17.5. The highest BCUT2D eigenvalue weighted by atomic mass is 14.6. The molecule has 0 atom stereocenters. The number of rotatable bonds is 2. The Morgan fingerprint density at radius 2 is 1.30 bits per heavy atom. The van der Waals surface area contributed by atoms with Crippen molar-refractivity contribution in [1.29, 1.82) is 0 Å². The lowest BCUT2D eigenvalue weighted by atomic mass is 9.48. The molecule has 142 valence electrons. The molecule has 4 aliphatic carbocycles. The second-order valence-corrected chi connectivity index (χ2v) is 11.1. The predicted molar refractivity (Wildman–Crippen MR) is 115 cm³/mol. The molecule has 2 aromatic carbocycles. The molecule has 0 N–H and O–H groups in total. The van der Waals surface area contributed by atoms with Crippen molar-refractivity contribution >= 4 is 0 Å². The molecule has 6 rings (SSSR count). The Balaban J connectivity index is 1.64. The zero-order valence-corrected chi connectivity index (χ0v) is 17.5. The van der Waals surface area contributed by atoms with E-state index in [0.29, 0.717) is 5.41 Å². The van der Waals surface area contributed by atoms with E-state index < -0.39 is 0 Å². The van der Waals surface area contributed by atoms with E-state index in [0.717, 1.165) is 17.8 Å². The Kier molecular flexibility index (Phi) is 3.87. The summed E-state index contributed by atoms with van der Waals surface area (Å²) in [7, 11) is 0. The van der Waals surface area contributed by atoms with E-state index in [9.17, 15) is 0 Å². The van der Waals surface area contributed by atoms with E-state index in [1.807, 2.05) is 0 Å². The quantitative estimate of drug-likeness (QED) is 0.523. The molecule has 27 heavy (non-hydrogen) atoms. The lowest BCUT2D eigenvalue weighted by molar-refractivity contribution is -0.00522. The molecule has 0 aliphatic heterocycles. The summed E-state index contributed by atoms with van der Waals surface area (Å²) in [6, 6.07) is 16.7. The fourth-order valence-corrected chi connectivity index (χ4v) is 6.74. The van der Waals surface area contributed by atoms with Gasteiger partial charge < -0.3 is 0 Å². The van der Waals surface area contributed by atoms with E-state index >= 15 is 0 Å². The molecule has 0 spiro atoms. The molecular weight excluding hydrogens is 324 g/mol. The third-order valence-electron chi connectivity index (χ3n) is 7.83. The molecule has 0 nitrogen and oxygen atoms in total. The van der Waals surface area contributed by atoms with Crippen molar-refractivity contribution in [3.05, 3.63) is 59.2 Å². The normalized spacial score (nSPS) is 32.1. The van der Waals surface area contributed by atoms with Crippen LogP contribution in [0.4, 0.5) is 0 Å². The van der Waals surface area contributed by atoms with Gasteiger partial charge in [-0.15, -0.1) is 0 Å². The van der Waals surface area contributed by atoms with Gasteiger partial charge in [0.15, 0.2) is 0 Å². The summed E-state index contributed by atoms with van der Waals surface area (Å²) >= 11 is 0. The summed E-state index contributed by atoms with van der Waals surface area (Å²) in [6.45, 7) is 9.27. The highest BCUT2D eigenvalue weighted by Gasteiger charge is 2.51. The average Bonchev–Trinajstić information content (AvgIpc) is 2.60. The molecule has 0 amide bonds. The van der Waals surface area contributed by atoms with Crippen molar-refractivity contribution in [2.24, 2.45) is 17.8 Å². The highest BCUT2D eigenvalue weighted by Crippen LogP contribution is 2.61. The first kappa shape index (κ1) is 17.5. The van der Waals surface area contributed by atoms with Crippen LogP contribution in [0.3, 0.4) is 0 Å². The van der Waals surface area contributed by atoms with E-state index in [1.165, 1.54) is 60.8 Å². The third kappa shape index (κ3) is 3.06. The molecule has 4 saturated carbocycles. The summed E-state index contributed by atoms with van der Waals surface area (Å²) < 4.78 is 0. The first-order chi connectivity index (χ1) is 12.8. The van der Waals surface area contributed by atoms with Gasteiger partial charge in [0.2, 0.25) is 0 Å². The van der Waals surface area contributed by atoms with Gasteiger partial charge >= 0.3 is 0 Å². The van der Waals surface area contributed by atoms with Crippen LogP contribution < -0.4 is 0 Å². The lowest BCUT2D eigenvalue weighted by Gasteiger charge is -2.57. The minimum atomic E-state index is 0.192. The molecule has 0 heterocycles. The van der Waals surface area contributed by atoms with Gasteiger partial charge in [-0.05, 0) is 96.3 Å². The third-order valence-corrected chi connectivity index (χ3v) is 7.83. The minimum Gasteiger partial charge on any atom is -0.0587 e. The SMILES string of the molecule is Cc1ccc(-c2cc(C(C)(C)C)cc(C34CC5CC(CC(C5)C3)C4)c2)cc1. The topological polar surface area (TPSA) is 0 Å². The summed E-state index contributed by atoms with van der Waals surface area (Å²) in [6.07, 6.45) is 8.88. The van der Waals surface area contributed by atoms with Crippen LogP contribution in [0.2, 0.25) is 0 Å². The molecule has 4 fully saturated rings. The fourth-order valence-electron chi connectivity index (χ4n) is 6.74. The standard InChI is InChI=1S/C27H34/c1-18-5-7-22(8-6-18)23-12-24(26(2,3)4)14-25(13-23)27-15-19-9-20(16-27)11-21(10-19)17-27/h5-8,12-14,19-21H,9-11,15-17H2,1-4H3. The molecule has 0 radical (unpaired) electrons. The van der Waals surface area contributed by atoms with Gasteiger partial charge in [-0.2, -0.15) is 0 Å². The highest BCUT2D eigenvalue weighted by molar-refractivity contribution is 5.66. The van der Waals surface area contributed by atoms with E-state index in [2.05, 4.69) is 70.2 Å². The van der Waals surface area contributed by atoms with Crippen LogP contribution in [-0.2, 0) is 10.8 Å². The first-order valence-corrected chi connectivity index (χ1v) is 11.0. The molecular formula is C27H34. The van der Waals surface area contributed by atoms with Crippen LogP contribution in [0.1, 0.15) is 76.0 Å². The van der Waals surface area contributed by atoms with Gasteiger partial charge in [0.05, 0.1) is 0 Å². The molecule has 0 saturated heterocycles. The van der Waals surface area contributed by atoms with Gasteiger partial charge in [-0.25, -0.2) is 0 Å². The summed E-state index contributed by atoms with van der Waals surface area (Å²) in [4.78, 5) is 0. The monoisotopic (exact) mass is 358 g/mol. The summed E-state index contributed by atoms with van der Waals surface area (Å²) in [5.74, 6) is 2.99. The van der Waals surface area contributed by atoms with Gasteiger partial charge in [0, 0.05) is 0 Å². The maximum absolute atomic E-state index is 2.59. The largest absolute Gasteiger partial charge is 0.0587 e. The Morgan fingerprint density at radius 1 is 0.741 bits per heavy atom. The molecule has 0 unspecified atom stereocenters. The van der Waals surface area contributed by atoms with E-state index in [1.54, 1.807) is 5.56 Å². The van der Waals surface area contributed by atoms with Gasteiger partial charge in [0.1, 0.15) is 0 Å². The molecule has 4 aliphatic rings. The van der Waals surface area contributed by atoms with Crippen molar-refractivity contribution in [2.75, 3.05) is 0 Å². The zero-order chi connectivity index (χ0) is 18.8. The van der Waals surface area contributed by atoms with Crippen LogP contribution >= 0.6 is 0 Å². The smallest absolute Gasteiger partial charge is 0.00387 e. The van der Waals surface area contributed by atoms with Gasteiger partial charge in [-0.3, -0.25) is 0 Å². The Morgan fingerprint density at radius 3 is 1.81 bits per heavy atom. The first-order valence-electron chi connectivity index (χ1n) is 11.0. The Hall–Kier alpha value is -1.56. The van der Waals surface area contributed by atoms with E-state index in [-0.39, 0.29) is 5.41 Å². The molecule has 0 heteroatoms. The summed E-state index contributed by atoms with van der Waals surface area (Å²) in [5, 5.41) is 0. The average molecular weight is 359 g/mol. The lowest BCUT2D eigenvalue weighted by Crippen LogP contribution is -2.48. The summed E-state index contributed by atoms with van der Waals surface area (Å²) in [5.41, 5.74) is 7.96. The van der Waals surface area contributed by atoms with Crippen LogP contribution in [0.25, 0.3) is 11.1 Å². The van der Waals surface area contributed by atoms with Crippen LogP contribution in [-0.4, -0.2) is 0 Å². The number of aryl methyl sites for hydroxylation is 1. The number of hydrogen-bond donors (Lipinski definition) is 0. The molecule has 0 aromatic heterocycles. The second kappa shape index (κ2) is 5.97. The van der Waals surface area contributed by atoms with Crippen molar-refractivity contribution in [2.45, 2.75) is 77.0 Å². The predicted octanol–water partition coefficient (Wildman–Crippen LogP) is 7.43. The van der Waals surface area contributed by atoms with Crippen molar-refractivity contribution in [3.8, 4) is 11.1 Å². The van der Waals surface area contributed by atoms with Crippen LogP contribution in [0.15, 0.2) is 42.5 Å². The van der Waals surface area contributed by atoms with E-state index in [4.69, 9.17) is 0 Å². The van der Waals surface area contributed by atoms with Crippen LogP contribution in [0.5, 0.6) is 0 Å².